The fourth-order valence-electron chi connectivity index (χ4n) is 2.29. The van der Waals surface area contributed by atoms with E-state index in [1.807, 2.05) is 0 Å². The van der Waals surface area contributed by atoms with Crippen LogP contribution in [0.25, 0.3) is 0 Å². The SMILES string of the molecule is O=[N+]([O-])c1cc(Cl)ccc1Sc1nnc(CN2CCCC2)o1. The Kier molecular flexibility index (Phi) is 4.60. The first-order valence-corrected chi connectivity index (χ1v) is 7.98. The molecule has 0 aliphatic carbocycles. The van der Waals surface area contributed by atoms with Crippen LogP contribution in [0.5, 0.6) is 0 Å². The van der Waals surface area contributed by atoms with Gasteiger partial charge >= 0.3 is 0 Å². The summed E-state index contributed by atoms with van der Waals surface area (Å²) >= 11 is 6.86. The van der Waals surface area contributed by atoms with Crippen molar-refractivity contribution in [3.63, 3.8) is 0 Å². The highest BCUT2D eigenvalue weighted by Crippen LogP contribution is 2.35. The molecule has 1 fully saturated rings. The minimum absolute atomic E-state index is 0.0724. The lowest BCUT2D eigenvalue weighted by Crippen LogP contribution is -2.18. The van der Waals surface area contributed by atoms with Crippen molar-refractivity contribution >= 4 is 29.1 Å². The molecule has 116 valence electrons. The molecule has 1 aliphatic rings. The van der Waals surface area contributed by atoms with Crippen LogP contribution in [0.3, 0.4) is 0 Å². The molecule has 0 saturated carbocycles. The molecule has 0 amide bonds. The number of hydrogen-bond donors (Lipinski definition) is 0. The second-order valence-electron chi connectivity index (χ2n) is 4.92. The normalized spacial score (nSPS) is 15.3. The maximum absolute atomic E-state index is 11.1. The molecule has 0 spiro atoms. The summed E-state index contributed by atoms with van der Waals surface area (Å²) in [5.74, 6) is 0.529. The molecule has 1 aromatic heterocycles. The second-order valence-corrected chi connectivity index (χ2v) is 6.35. The summed E-state index contributed by atoms with van der Waals surface area (Å²) in [5.41, 5.74) is -0.0724. The Morgan fingerprint density at radius 2 is 2.14 bits per heavy atom. The number of aromatic nitrogens is 2. The first-order valence-electron chi connectivity index (χ1n) is 6.78. The quantitative estimate of drug-likeness (QED) is 0.609. The topological polar surface area (TPSA) is 85.3 Å². The highest BCUT2D eigenvalue weighted by molar-refractivity contribution is 7.99. The zero-order valence-electron chi connectivity index (χ0n) is 11.6. The number of hydrogen-bond acceptors (Lipinski definition) is 7. The minimum atomic E-state index is -0.476. The van der Waals surface area contributed by atoms with Crippen LogP contribution in [0, 0.1) is 10.1 Å². The molecule has 3 rings (SSSR count). The molecule has 1 aliphatic heterocycles. The van der Waals surface area contributed by atoms with Crippen LogP contribution in [0.1, 0.15) is 18.7 Å². The summed E-state index contributed by atoms with van der Waals surface area (Å²) < 4.78 is 5.56. The molecular formula is C13H13ClN4O3S. The van der Waals surface area contributed by atoms with Crippen molar-refractivity contribution in [2.45, 2.75) is 29.5 Å². The van der Waals surface area contributed by atoms with E-state index in [0.29, 0.717) is 27.6 Å². The van der Waals surface area contributed by atoms with E-state index in [-0.39, 0.29) is 5.69 Å². The lowest BCUT2D eigenvalue weighted by atomic mass is 10.3. The summed E-state index contributed by atoms with van der Waals surface area (Å²) in [6, 6.07) is 4.49. The molecule has 7 nitrogen and oxygen atoms in total. The molecule has 0 bridgehead atoms. The van der Waals surface area contributed by atoms with Crippen LogP contribution >= 0.6 is 23.4 Å². The van der Waals surface area contributed by atoms with Gasteiger partial charge in [0, 0.05) is 11.1 Å². The Hall–Kier alpha value is -1.64. The van der Waals surface area contributed by atoms with Gasteiger partial charge in [-0.2, -0.15) is 0 Å². The average Bonchev–Trinajstić information content (AvgIpc) is 3.13. The van der Waals surface area contributed by atoms with Gasteiger partial charge in [-0.1, -0.05) is 11.6 Å². The maximum atomic E-state index is 11.1. The van der Waals surface area contributed by atoms with Crippen molar-refractivity contribution in [3.8, 4) is 0 Å². The molecule has 0 atom stereocenters. The number of halogens is 1. The van der Waals surface area contributed by atoms with Gasteiger partial charge in [0.15, 0.2) is 0 Å². The van der Waals surface area contributed by atoms with Gasteiger partial charge in [0.1, 0.15) is 0 Å². The fraction of sp³-hybridized carbons (Fsp3) is 0.385. The van der Waals surface area contributed by atoms with Gasteiger partial charge in [0.05, 0.1) is 16.4 Å². The van der Waals surface area contributed by atoms with Crippen LogP contribution in [0.4, 0.5) is 5.69 Å². The molecule has 9 heteroatoms. The van der Waals surface area contributed by atoms with Crippen molar-refractivity contribution in [1.82, 2.24) is 15.1 Å². The molecule has 2 heterocycles. The highest BCUT2D eigenvalue weighted by atomic mass is 35.5. The van der Waals surface area contributed by atoms with E-state index in [1.165, 1.54) is 18.9 Å². The number of rotatable bonds is 5. The third-order valence-electron chi connectivity index (χ3n) is 3.32. The van der Waals surface area contributed by atoms with Crippen molar-refractivity contribution in [2.24, 2.45) is 0 Å². The molecule has 1 aromatic carbocycles. The molecule has 0 unspecified atom stereocenters. The Labute approximate surface area is 135 Å². The van der Waals surface area contributed by atoms with Crippen LogP contribution in [-0.2, 0) is 6.54 Å². The smallest absolute Gasteiger partial charge is 0.284 e. The number of benzene rings is 1. The third-order valence-corrected chi connectivity index (χ3v) is 4.46. The van der Waals surface area contributed by atoms with E-state index in [4.69, 9.17) is 16.0 Å². The Morgan fingerprint density at radius 1 is 1.36 bits per heavy atom. The summed E-state index contributed by atoms with van der Waals surface area (Å²) in [6.07, 6.45) is 2.37. The lowest BCUT2D eigenvalue weighted by Gasteiger charge is -2.10. The largest absolute Gasteiger partial charge is 0.414 e. The lowest BCUT2D eigenvalue weighted by molar-refractivity contribution is -0.387. The van der Waals surface area contributed by atoms with Crippen LogP contribution in [0.2, 0.25) is 5.02 Å². The van der Waals surface area contributed by atoms with Gasteiger partial charge in [0.25, 0.3) is 10.9 Å². The average molecular weight is 341 g/mol. The van der Waals surface area contributed by atoms with E-state index in [9.17, 15) is 10.1 Å². The van der Waals surface area contributed by atoms with E-state index >= 15 is 0 Å². The van der Waals surface area contributed by atoms with Crippen molar-refractivity contribution in [1.29, 1.82) is 0 Å². The van der Waals surface area contributed by atoms with Gasteiger partial charge in [-0.15, -0.1) is 10.2 Å². The minimum Gasteiger partial charge on any atom is -0.414 e. The standard InChI is InChI=1S/C13H13ClN4O3S/c14-9-3-4-11(10(7-9)18(19)20)22-13-16-15-12(21-13)8-17-5-1-2-6-17/h3-4,7H,1-2,5-6,8H2. The van der Waals surface area contributed by atoms with Gasteiger partial charge in [-0.25, -0.2) is 0 Å². The summed E-state index contributed by atoms with van der Waals surface area (Å²) in [5, 5.41) is 19.6. The molecule has 2 aromatic rings. The predicted molar refractivity (Wildman–Crippen MR) is 81.0 cm³/mol. The Bertz CT molecular complexity index is 688. The summed E-state index contributed by atoms with van der Waals surface area (Å²) in [6.45, 7) is 2.69. The van der Waals surface area contributed by atoms with Crippen LogP contribution < -0.4 is 0 Å². The number of nitro groups is 1. The van der Waals surface area contributed by atoms with E-state index < -0.39 is 4.92 Å². The fourth-order valence-corrected chi connectivity index (χ4v) is 3.24. The van der Waals surface area contributed by atoms with Gasteiger partial charge < -0.3 is 4.42 Å². The molecular weight excluding hydrogens is 328 g/mol. The molecule has 0 radical (unpaired) electrons. The van der Waals surface area contributed by atoms with Crippen molar-refractivity contribution in [3.05, 3.63) is 39.2 Å². The summed E-state index contributed by atoms with van der Waals surface area (Å²) in [4.78, 5) is 13.2. The second kappa shape index (κ2) is 6.64. The Morgan fingerprint density at radius 3 is 2.86 bits per heavy atom. The maximum Gasteiger partial charge on any atom is 0.284 e. The molecule has 1 saturated heterocycles. The van der Waals surface area contributed by atoms with Crippen molar-refractivity contribution in [2.75, 3.05) is 13.1 Å². The van der Waals surface area contributed by atoms with Crippen LogP contribution in [0.15, 0.2) is 32.7 Å². The molecule has 0 N–H and O–H groups in total. The highest BCUT2D eigenvalue weighted by Gasteiger charge is 2.20. The van der Waals surface area contributed by atoms with E-state index in [2.05, 4.69) is 15.1 Å². The predicted octanol–water partition coefficient (Wildman–Crippen LogP) is 3.38. The monoisotopic (exact) mass is 340 g/mol. The van der Waals surface area contributed by atoms with Gasteiger partial charge in [0.2, 0.25) is 5.89 Å². The third kappa shape index (κ3) is 3.57. The van der Waals surface area contributed by atoms with E-state index in [0.717, 1.165) is 24.9 Å². The van der Waals surface area contributed by atoms with Crippen LogP contribution in [-0.4, -0.2) is 33.1 Å². The number of likely N-dealkylation sites (tertiary alicyclic amines) is 1. The zero-order chi connectivity index (χ0) is 15.5. The summed E-state index contributed by atoms with van der Waals surface area (Å²) in [7, 11) is 0. The van der Waals surface area contributed by atoms with Crippen molar-refractivity contribution < 1.29 is 9.34 Å². The first-order chi connectivity index (χ1) is 10.6. The Balaban J connectivity index is 1.73. The number of nitrogens with zero attached hydrogens (tertiary/aromatic N) is 4. The first kappa shape index (κ1) is 15.3. The molecule has 22 heavy (non-hydrogen) atoms. The van der Waals surface area contributed by atoms with E-state index in [1.54, 1.807) is 12.1 Å². The number of nitro benzene ring substituents is 1. The van der Waals surface area contributed by atoms with Gasteiger partial charge in [-0.3, -0.25) is 15.0 Å². The van der Waals surface area contributed by atoms with Gasteiger partial charge in [-0.05, 0) is 49.8 Å². The zero-order valence-corrected chi connectivity index (χ0v) is 13.1.